The van der Waals surface area contributed by atoms with Crippen LogP contribution in [0, 0.1) is 11.8 Å². The molecule has 4 heterocycles. The highest BCUT2D eigenvalue weighted by atomic mass is 19.4. The van der Waals surface area contributed by atoms with Gasteiger partial charge in [0.15, 0.2) is 0 Å². The molecule has 3 aliphatic rings. The maximum Gasteiger partial charge on any atom is 0.416 e. The molecule has 1 aromatic heterocycles. The summed E-state index contributed by atoms with van der Waals surface area (Å²) < 4.78 is 81.6. The van der Waals surface area contributed by atoms with Gasteiger partial charge in [-0.3, -0.25) is 4.98 Å². The van der Waals surface area contributed by atoms with Crippen LogP contribution in [0.3, 0.4) is 0 Å². The van der Waals surface area contributed by atoms with E-state index in [4.69, 9.17) is 0 Å². The Hall–Kier alpha value is -2.91. The van der Waals surface area contributed by atoms with Crippen molar-refractivity contribution in [1.29, 1.82) is 0 Å². The number of hydrogen-bond acceptors (Lipinski definition) is 2. The van der Waals surface area contributed by atoms with Crippen LogP contribution in [-0.2, 0) is 18.9 Å². The molecule has 0 radical (unpaired) electrons. The Morgan fingerprint density at radius 1 is 1.03 bits per heavy atom. The quantitative estimate of drug-likeness (QED) is 0.225. The molecule has 6 rings (SSSR count). The van der Waals surface area contributed by atoms with Gasteiger partial charge in [0.2, 0.25) is 0 Å². The number of para-hydroxylation sites is 1. The minimum atomic E-state index is -4.91. The molecule has 3 nitrogen and oxygen atoms in total. The predicted molar refractivity (Wildman–Crippen MR) is 127 cm³/mol. The van der Waals surface area contributed by atoms with Crippen molar-refractivity contribution >= 4 is 10.9 Å². The standard InChI is InChI=1S/C28H27F6N2O/c1-2-18-16-36(15-17-11-20(27(29,30)31)14-21(12-17)28(32,33)34)10-8-19(18)13-25(36)26(37)23-7-9-35-24-6-4-3-5-22(23)24/h2-7,9,11-12,14,18-19,25-26,37H,1,8,10,13,15-16H2/q+1/t18-,19+,25-,26+,36-/m1/s1. The number of alkyl halides is 6. The van der Waals surface area contributed by atoms with E-state index in [0.717, 1.165) is 23.9 Å². The maximum atomic E-state index is 13.6. The number of nitrogens with zero attached hydrogens (tertiary/aromatic N) is 2. The van der Waals surface area contributed by atoms with Crippen molar-refractivity contribution in [3.8, 4) is 0 Å². The molecule has 2 bridgehead atoms. The van der Waals surface area contributed by atoms with Crippen molar-refractivity contribution in [3.05, 3.63) is 89.6 Å². The van der Waals surface area contributed by atoms with Crippen LogP contribution in [0.2, 0.25) is 0 Å². The summed E-state index contributed by atoms with van der Waals surface area (Å²) in [5, 5.41) is 12.5. The molecular formula is C28H27F6N2O+. The van der Waals surface area contributed by atoms with Crippen molar-refractivity contribution < 1.29 is 35.9 Å². The smallest absolute Gasteiger partial charge is 0.382 e. The van der Waals surface area contributed by atoms with Crippen LogP contribution >= 0.6 is 0 Å². The highest BCUT2D eigenvalue weighted by Crippen LogP contribution is 2.48. The van der Waals surface area contributed by atoms with Crippen molar-refractivity contribution in [3.63, 3.8) is 0 Å². The molecule has 3 aromatic rings. The Balaban J connectivity index is 1.59. The van der Waals surface area contributed by atoms with Gasteiger partial charge in [-0.2, -0.15) is 26.3 Å². The summed E-state index contributed by atoms with van der Waals surface area (Å²) in [6, 6.07) is 10.5. The van der Waals surface area contributed by atoms with Gasteiger partial charge in [0, 0.05) is 35.9 Å². The van der Waals surface area contributed by atoms with E-state index < -0.39 is 35.6 Å². The molecule has 0 aliphatic carbocycles. The van der Waals surface area contributed by atoms with Gasteiger partial charge in [-0.1, -0.05) is 24.3 Å². The number of aliphatic hydroxyl groups is 1. The molecule has 3 fully saturated rings. The summed E-state index contributed by atoms with van der Waals surface area (Å²) in [4.78, 5) is 4.35. The number of piperidine rings is 3. The second-order valence-corrected chi connectivity index (χ2v) is 10.3. The first-order valence-electron chi connectivity index (χ1n) is 12.2. The highest BCUT2D eigenvalue weighted by molar-refractivity contribution is 5.82. The number of pyridine rings is 1. The van der Waals surface area contributed by atoms with Crippen LogP contribution in [-0.4, -0.2) is 33.7 Å². The number of rotatable bonds is 5. The number of hydrogen-bond donors (Lipinski definition) is 1. The third-order valence-electron chi connectivity index (χ3n) is 8.19. The van der Waals surface area contributed by atoms with E-state index in [-0.39, 0.29) is 34.5 Å². The second-order valence-electron chi connectivity index (χ2n) is 10.3. The Kier molecular flexibility index (Phi) is 6.35. The average molecular weight is 522 g/mol. The molecule has 3 aliphatic heterocycles. The lowest BCUT2D eigenvalue weighted by atomic mass is 9.71. The molecule has 0 amide bonds. The molecule has 0 spiro atoms. The van der Waals surface area contributed by atoms with Gasteiger partial charge in [0.05, 0.1) is 29.7 Å². The predicted octanol–water partition coefficient (Wildman–Crippen LogP) is 6.92. The second kappa shape index (κ2) is 9.13. The van der Waals surface area contributed by atoms with Gasteiger partial charge in [-0.15, -0.1) is 6.58 Å². The molecule has 9 heteroatoms. The minimum absolute atomic E-state index is 0.0397. The van der Waals surface area contributed by atoms with Crippen molar-refractivity contribution in [2.24, 2.45) is 11.8 Å². The molecule has 3 saturated heterocycles. The lowest BCUT2D eigenvalue weighted by molar-refractivity contribution is -0.984. The Labute approximate surface area is 210 Å². The summed E-state index contributed by atoms with van der Waals surface area (Å²) in [5.41, 5.74) is -1.31. The number of quaternary nitrogens is 1. The third-order valence-corrected chi connectivity index (χ3v) is 8.19. The number of benzene rings is 2. The molecule has 37 heavy (non-hydrogen) atoms. The SMILES string of the molecule is C=C[C@@H]1C[N@+]2(Cc3cc(C(F)(F)F)cc(C(F)(F)F)c3)CC[C@H]1C[C@@H]2[C@@H](O)c1ccnc2ccccc12. The molecule has 196 valence electrons. The Bertz CT molecular complexity index is 1280. The van der Waals surface area contributed by atoms with Crippen LogP contribution in [0.1, 0.15) is 41.2 Å². The molecule has 5 atom stereocenters. The van der Waals surface area contributed by atoms with E-state index in [1.165, 1.54) is 0 Å². The number of fused-ring (bicyclic) bond motifs is 4. The lowest BCUT2D eigenvalue weighted by Crippen LogP contribution is -2.67. The van der Waals surface area contributed by atoms with Gasteiger partial charge in [0.1, 0.15) is 18.7 Å². The molecule has 1 N–H and O–H groups in total. The van der Waals surface area contributed by atoms with E-state index in [1.54, 1.807) is 12.3 Å². The van der Waals surface area contributed by atoms with Crippen molar-refractivity contribution in [2.75, 3.05) is 13.1 Å². The molecular weight excluding hydrogens is 494 g/mol. The van der Waals surface area contributed by atoms with Crippen LogP contribution in [0.4, 0.5) is 26.3 Å². The summed E-state index contributed by atoms with van der Waals surface area (Å²) in [5.74, 6) is 0.316. The van der Waals surface area contributed by atoms with E-state index in [9.17, 15) is 31.4 Å². The van der Waals surface area contributed by atoms with E-state index in [1.807, 2.05) is 30.3 Å². The summed E-state index contributed by atoms with van der Waals surface area (Å²) in [6.07, 6.45) is -5.99. The van der Waals surface area contributed by atoms with Gasteiger partial charge in [-0.25, -0.2) is 0 Å². The number of aromatic nitrogens is 1. The fraction of sp³-hybridized carbons (Fsp3) is 0.393. The average Bonchev–Trinajstić information content (AvgIpc) is 2.86. The number of halogens is 6. The Morgan fingerprint density at radius 2 is 1.70 bits per heavy atom. The zero-order chi connectivity index (χ0) is 26.6. The zero-order valence-corrected chi connectivity index (χ0v) is 19.9. The van der Waals surface area contributed by atoms with Gasteiger partial charge in [-0.05, 0) is 41.8 Å². The summed E-state index contributed by atoms with van der Waals surface area (Å²) in [6.45, 7) is 4.93. The van der Waals surface area contributed by atoms with E-state index >= 15 is 0 Å². The van der Waals surface area contributed by atoms with Crippen LogP contribution in [0.5, 0.6) is 0 Å². The van der Waals surface area contributed by atoms with E-state index in [2.05, 4.69) is 11.6 Å². The molecule has 0 unspecified atom stereocenters. The first kappa shape index (κ1) is 25.7. The van der Waals surface area contributed by atoms with Gasteiger partial charge < -0.3 is 9.59 Å². The fourth-order valence-corrected chi connectivity index (χ4v) is 6.44. The third kappa shape index (κ3) is 4.75. The minimum Gasteiger partial charge on any atom is -0.382 e. The summed E-state index contributed by atoms with van der Waals surface area (Å²) >= 11 is 0. The lowest BCUT2D eigenvalue weighted by Gasteiger charge is -2.58. The fourth-order valence-electron chi connectivity index (χ4n) is 6.44. The molecule has 2 aromatic carbocycles. The van der Waals surface area contributed by atoms with Gasteiger partial charge in [0.25, 0.3) is 0 Å². The van der Waals surface area contributed by atoms with E-state index in [0.29, 0.717) is 30.6 Å². The highest BCUT2D eigenvalue weighted by Gasteiger charge is 2.54. The van der Waals surface area contributed by atoms with Gasteiger partial charge >= 0.3 is 12.4 Å². The zero-order valence-electron chi connectivity index (χ0n) is 19.9. The first-order chi connectivity index (χ1) is 17.4. The van der Waals surface area contributed by atoms with Crippen LogP contribution in [0.25, 0.3) is 10.9 Å². The van der Waals surface area contributed by atoms with Crippen molar-refractivity contribution in [2.45, 2.75) is 43.9 Å². The summed E-state index contributed by atoms with van der Waals surface area (Å²) in [7, 11) is 0. The Morgan fingerprint density at radius 3 is 2.35 bits per heavy atom. The van der Waals surface area contributed by atoms with Crippen LogP contribution in [0.15, 0.2) is 67.4 Å². The normalized spacial score (nSPS) is 26.8. The van der Waals surface area contributed by atoms with Crippen LogP contribution < -0.4 is 0 Å². The topological polar surface area (TPSA) is 33.1 Å². The maximum absolute atomic E-state index is 13.6. The largest absolute Gasteiger partial charge is 0.416 e. The number of aliphatic hydroxyl groups excluding tert-OH is 1. The van der Waals surface area contributed by atoms with Crippen molar-refractivity contribution in [1.82, 2.24) is 4.98 Å². The first-order valence-corrected chi connectivity index (χ1v) is 12.2. The molecule has 0 saturated carbocycles. The monoisotopic (exact) mass is 521 g/mol.